The van der Waals surface area contributed by atoms with Crippen molar-refractivity contribution in [2.24, 2.45) is 22.7 Å². The van der Waals surface area contributed by atoms with Gasteiger partial charge in [0.1, 0.15) is 12.1 Å². The number of carbonyl (C=O) groups excluding carboxylic acids is 6. The Balaban J connectivity index is 0.873. The lowest BCUT2D eigenvalue weighted by Crippen LogP contribution is -2.55. The zero-order valence-electron chi connectivity index (χ0n) is 43.4. The van der Waals surface area contributed by atoms with E-state index in [4.69, 9.17) is 9.47 Å². The number of rotatable bonds is 19. The molecule has 4 saturated heterocycles. The zero-order chi connectivity index (χ0) is 51.5. The van der Waals surface area contributed by atoms with Crippen LogP contribution in [0.1, 0.15) is 114 Å². The summed E-state index contributed by atoms with van der Waals surface area (Å²) in [4.78, 5) is 86.9. The Morgan fingerprint density at radius 2 is 1.03 bits per heavy atom. The second-order valence-corrected chi connectivity index (χ2v) is 24.7. The lowest BCUT2D eigenvalue weighted by molar-refractivity contribution is -0.145. The van der Waals surface area contributed by atoms with Crippen molar-refractivity contribution in [1.82, 2.24) is 41.7 Å². The average molecular weight is 1030 g/mol. The van der Waals surface area contributed by atoms with Crippen molar-refractivity contribution in [3.8, 4) is 0 Å². The number of unbranched alkanes of at least 4 members (excludes halogenated alkanes) is 1. The number of benzene rings is 2. The molecule has 4 heterocycles. The largest absolute Gasteiger partial charge is 0.375 e. The van der Waals surface area contributed by atoms with Crippen LogP contribution in [0.4, 0.5) is 0 Å². The summed E-state index contributed by atoms with van der Waals surface area (Å²) in [6, 6.07) is 13.3. The van der Waals surface area contributed by atoms with E-state index >= 15 is 0 Å². The average Bonchev–Trinajstić information content (AvgIpc) is 4.00. The van der Waals surface area contributed by atoms with E-state index in [1.54, 1.807) is 51.5 Å². The molecule has 0 spiro atoms. The van der Waals surface area contributed by atoms with Gasteiger partial charge in [-0.3, -0.25) is 28.8 Å². The van der Waals surface area contributed by atoms with Crippen molar-refractivity contribution in [3.63, 3.8) is 0 Å². The molecule has 0 bridgehead atoms. The number of fused-ring (bicyclic) bond motifs is 4. The predicted octanol–water partition coefficient (Wildman–Crippen LogP) is 4.23. The highest BCUT2D eigenvalue weighted by molar-refractivity contribution is 8.00. The highest BCUT2D eigenvalue weighted by Crippen LogP contribution is 2.49. The topological polar surface area (TPSA) is 200 Å². The molecule has 0 radical (unpaired) electrons. The van der Waals surface area contributed by atoms with Gasteiger partial charge in [-0.1, -0.05) is 76.2 Å². The highest BCUT2D eigenvalue weighted by Gasteiger charge is 2.56. The first-order valence-electron chi connectivity index (χ1n) is 26.2. The summed E-state index contributed by atoms with van der Waals surface area (Å²) in [6.45, 7) is 13.2. The number of amides is 6. The van der Waals surface area contributed by atoms with E-state index in [0.717, 1.165) is 33.8 Å². The predicted molar refractivity (Wildman–Crippen MR) is 281 cm³/mol. The Labute approximate surface area is 434 Å². The summed E-state index contributed by atoms with van der Waals surface area (Å²) in [5.41, 5.74) is 3.35. The first kappa shape index (κ1) is 54.1. The van der Waals surface area contributed by atoms with Crippen LogP contribution in [0.5, 0.6) is 0 Å². The van der Waals surface area contributed by atoms with E-state index in [9.17, 15) is 28.8 Å². The quantitative estimate of drug-likeness (QED) is 0.110. The van der Waals surface area contributed by atoms with Gasteiger partial charge >= 0.3 is 0 Å². The number of carbonyl (C=O) groups is 6. The number of nitrogens with zero attached hydrogens (tertiary/aromatic N) is 2. The smallest absolute Gasteiger partial charge is 0.243 e. The summed E-state index contributed by atoms with van der Waals surface area (Å²) in [5, 5.41) is 18.3. The van der Waals surface area contributed by atoms with Gasteiger partial charge in [0, 0.05) is 39.1 Å². The van der Waals surface area contributed by atoms with Gasteiger partial charge in [-0.25, -0.2) is 0 Å². The molecule has 8 rings (SSSR count). The fraction of sp³-hybridized carbons (Fsp3) is 0.667. The van der Waals surface area contributed by atoms with Crippen molar-refractivity contribution in [2.45, 2.75) is 152 Å². The Hall–Kier alpha value is -4.20. The molecule has 18 heteroatoms. The third-order valence-corrected chi connectivity index (χ3v) is 18.7. The zero-order valence-corrected chi connectivity index (χ0v) is 45.1. The SMILES string of the molecule is CN[C@@H](C)C(=O)NC[C@H]1CCS[C@H]2CC(C)(C)[C@@H](C(=O)N[C@H]3c4ccccc4C[C@H]3OCCCCO[C@@H]3Cc4ccccc4[C@@H]3NC(=O)[C@H]3N4C(=O)[C@@H](CNC(=O)[C@H](C)NC)CCS[C@H]4CC3(C)C)N2C1=O. The molecular formula is C54H78N8O8S2. The molecular weight excluding hydrogens is 953 g/mol. The lowest BCUT2D eigenvalue weighted by Gasteiger charge is -2.35. The number of hydrogen-bond acceptors (Lipinski definition) is 12. The molecule has 0 aromatic heterocycles. The minimum absolute atomic E-state index is 0.0855. The summed E-state index contributed by atoms with van der Waals surface area (Å²) >= 11 is 3.44. The van der Waals surface area contributed by atoms with Crippen LogP contribution in [-0.2, 0) is 51.1 Å². The van der Waals surface area contributed by atoms with Crippen LogP contribution in [-0.4, -0.2) is 144 Å². The van der Waals surface area contributed by atoms with E-state index in [1.165, 1.54) is 0 Å². The van der Waals surface area contributed by atoms with Crippen molar-refractivity contribution < 1.29 is 38.2 Å². The summed E-state index contributed by atoms with van der Waals surface area (Å²) in [7, 11) is 3.45. The lowest BCUT2D eigenvalue weighted by atomic mass is 9.83. The molecule has 2 aromatic rings. The van der Waals surface area contributed by atoms with Gasteiger partial charge in [0.2, 0.25) is 35.4 Å². The van der Waals surface area contributed by atoms with Gasteiger partial charge in [-0.15, -0.1) is 23.5 Å². The number of thioether (sulfide) groups is 2. The van der Waals surface area contributed by atoms with E-state index in [1.807, 2.05) is 34.1 Å². The first-order chi connectivity index (χ1) is 34.4. The second-order valence-electron chi connectivity index (χ2n) is 22.1. The standard InChI is InChI=1S/C54H78N8O8S2/c1-31(55-7)47(63)57-29-35-19-23-71-41-27-53(3,4)45(61(41)51(35)67)49(65)59-43-37-17-11-9-15-33(37)25-39(43)69-21-13-14-22-70-40-26-34-16-10-12-18-38(34)44(40)60-50(66)46-54(5,6)28-42-62(46)52(68)36(20-24-72-42)30-58-48(64)32(2)56-8/h9-12,15-18,31-32,35-36,39-46,55-56H,13-14,19-30H2,1-8H3,(H,57,63)(H,58,64)(H,59,65)(H,60,66)/t31-,32-,35+,36+,39+,40+,41-,42-,43-,44-,45+,46+/m0/s1. The van der Waals surface area contributed by atoms with Gasteiger partial charge in [0.25, 0.3) is 0 Å². The maximum atomic E-state index is 14.7. The van der Waals surface area contributed by atoms with Gasteiger partial charge < -0.3 is 51.2 Å². The van der Waals surface area contributed by atoms with Crippen molar-refractivity contribution in [2.75, 3.05) is 51.9 Å². The summed E-state index contributed by atoms with van der Waals surface area (Å²) < 4.78 is 13.3. The third kappa shape index (κ3) is 11.5. The Kier molecular flexibility index (Phi) is 17.4. The second kappa shape index (κ2) is 23.1. The molecule has 72 heavy (non-hydrogen) atoms. The van der Waals surface area contributed by atoms with Gasteiger partial charge in [-0.2, -0.15) is 0 Å². The van der Waals surface area contributed by atoms with Crippen LogP contribution in [0.2, 0.25) is 0 Å². The molecule has 0 unspecified atom stereocenters. The van der Waals surface area contributed by atoms with Crippen molar-refractivity contribution in [1.29, 1.82) is 0 Å². The van der Waals surface area contributed by atoms with E-state index in [0.29, 0.717) is 64.6 Å². The highest BCUT2D eigenvalue weighted by atomic mass is 32.2. The van der Waals surface area contributed by atoms with Gasteiger partial charge in [-0.05, 0) is 111 Å². The molecule has 2 aliphatic carbocycles. The van der Waals surface area contributed by atoms with Gasteiger partial charge in [0.05, 0.1) is 59.0 Å². The third-order valence-electron chi connectivity index (χ3n) is 16.2. The molecule has 12 atom stereocenters. The molecule has 6 N–H and O–H groups in total. The molecule has 0 saturated carbocycles. The number of hydrogen-bond donors (Lipinski definition) is 6. The van der Waals surface area contributed by atoms with Crippen LogP contribution < -0.4 is 31.9 Å². The fourth-order valence-electron chi connectivity index (χ4n) is 11.8. The van der Waals surface area contributed by atoms with Gasteiger partial charge in [0.15, 0.2) is 0 Å². The number of ether oxygens (including phenoxy) is 2. The molecule has 6 amide bonds. The normalized spacial score (nSPS) is 30.0. The summed E-state index contributed by atoms with van der Waals surface area (Å²) in [6.07, 6.45) is 4.78. The van der Waals surface area contributed by atoms with Crippen LogP contribution in [0.25, 0.3) is 0 Å². The number of nitrogens with one attached hydrogen (secondary N) is 6. The molecule has 16 nitrogen and oxygen atoms in total. The van der Waals surface area contributed by atoms with Crippen molar-refractivity contribution >= 4 is 59.0 Å². The van der Waals surface area contributed by atoms with E-state index in [2.05, 4.69) is 83.9 Å². The maximum absolute atomic E-state index is 14.7. The van der Waals surface area contributed by atoms with Crippen LogP contribution in [0.3, 0.4) is 0 Å². The molecule has 2 aromatic carbocycles. The van der Waals surface area contributed by atoms with E-state index in [-0.39, 0.29) is 83.6 Å². The minimum Gasteiger partial charge on any atom is -0.375 e. The Morgan fingerprint density at radius 3 is 1.42 bits per heavy atom. The molecule has 394 valence electrons. The Morgan fingerprint density at radius 1 is 0.639 bits per heavy atom. The Bertz CT molecular complexity index is 2160. The fourth-order valence-corrected chi connectivity index (χ4v) is 15.1. The number of likely N-dealkylation sites (N-methyl/N-ethyl adjacent to an activating group) is 2. The van der Waals surface area contributed by atoms with Crippen LogP contribution >= 0.6 is 23.5 Å². The maximum Gasteiger partial charge on any atom is 0.243 e. The molecule has 6 aliphatic rings. The van der Waals surface area contributed by atoms with E-state index < -0.39 is 46.8 Å². The monoisotopic (exact) mass is 1030 g/mol. The van der Waals surface area contributed by atoms with Crippen molar-refractivity contribution in [3.05, 3.63) is 70.8 Å². The first-order valence-corrected chi connectivity index (χ1v) is 28.3. The minimum atomic E-state index is -0.682. The summed E-state index contributed by atoms with van der Waals surface area (Å²) in [5.74, 6) is -0.168. The van der Waals surface area contributed by atoms with Crippen LogP contribution in [0.15, 0.2) is 48.5 Å². The van der Waals surface area contributed by atoms with Crippen LogP contribution in [0, 0.1) is 22.7 Å². The molecule has 4 aliphatic heterocycles. The molecule has 4 fully saturated rings.